The molecule has 2 aromatic carbocycles. The number of nitrogens with one attached hydrogen (secondary N) is 1. The third-order valence-electron chi connectivity index (χ3n) is 7.70. The first-order valence-electron chi connectivity index (χ1n) is 12.7. The number of piperidine rings is 3. The van der Waals surface area contributed by atoms with Gasteiger partial charge in [0.2, 0.25) is 5.88 Å². The summed E-state index contributed by atoms with van der Waals surface area (Å²) in [4.78, 5) is 6.86. The summed E-state index contributed by atoms with van der Waals surface area (Å²) in [7, 11) is 0. The van der Waals surface area contributed by atoms with Gasteiger partial charge in [0.1, 0.15) is 0 Å². The number of hydrogen-bond acceptors (Lipinski definition) is 7. The predicted molar refractivity (Wildman–Crippen MR) is 138 cm³/mol. The second-order valence-electron chi connectivity index (χ2n) is 10.2. The molecule has 4 aliphatic heterocycles. The third-order valence-corrected chi connectivity index (χ3v) is 8.73. The molecule has 0 radical (unpaired) electrons. The third kappa shape index (κ3) is 5.19. The number of aromatic nitrogens is 1. The highest BCUT2D eigenvalue weighted by molar-refractivity contribution is 7.17. The van der Waals surface area contributed by atoms with Crippen molar-refractivity contribution >= 4 is 28.3 Å². The minimum absolute atomic E-state index is 0.133. The minimum Gasteiger partial charge on any atom is -0.492 e. The molecule has 2 bridgehead atoms. The second-order valence-corrected chi connectivity index (χ2v) is 11.2. The topological polar surface area (TPSA) is 73.1 Å². The summed E-state index contributed by atoms with van der Waals surface area (Å²) in [5.74, 6) is 0.104. The van der Waals surface area contributed by atoms with Crippen LogP contribution in [0.4, 0.5) is 31.5 Å². The molecule has 3 saturated heterocycles. The number of aromatic hydroxyl groups is 1. The Hall–Kier alpha value is -3.45. The Balaban J connectivity index is 1.44. The molecule has 7 rings (SSSR count). The van der Waals surface area contributed by atoms with Crippen LogP contribution >= 0.6 is 11.3 Å². The largest absolute Gasteiger partial charge is 0.492 e. The zero-order valence-corrected chi connectivity index (χ0v) is 21.7. The van der Waals surface area contributed by atoms with Crippen LogP contribution < -0.4 is 15.9 Å². The number of halogens is 6. The first-order chi connectivity index (χ1) is 19.0. The van der Waals surface area contributed by atoms with Crippen LogP contribution in [0.5, 0.6) is 5.88 Å². The summed E-state index contributed by atoms with van der Waals surface area (Å²) in [6.45, 7) is 2.92. The second kappa shape index (κ2) is 9.88. The molecule has 3 aromatic rings. The van der Waals surface area contributed by atoms with Crippen molar-refractivity contribution in [2.45, 2.75) is 37.7 Å². The van der Waals surface area contributed by atoms with E-state index in [1.165, 1.54) is 6.21 Å². The van der Waals surface area contributed by atoms with Crippen LogP contribution in [-0.4, -0.2) is 46.9 Å². The lowest BCUT2D eigenvalue weighted by Crippen LogP contribution is -2.53. The highest BCUT2D eigenvalue weighted by atomic mass is 32.1. The van der Waals surface area contributed by atoms with Crippen molar-refractivity contribution in [2.24, 2.45) is 16.1 Å². The fraction of sp³-hybridized carbons (Fsp3) is 0.370. The van der Waals surface area contributed by atoms with Crippen LogP contribution in [0, 0.1) is 5.92 Å². The maximum absolute atomic E-state index is 14.0. The van der Waals surface area contributed by atoms with Gasteiger partial charge in [-0.2, -0.15) is 41.5 Å². The Morgan fingerprint density at radius 1 is 1.02 bits per heavy atom. The van der Waals surface area contributed by atoms with Gasteiger partial charge in [0.25, 0.3) is 0 Å². The van der Waals surface area contributed by atoms with E-state index in [2.05, 4.69) is 25.4 Å². The molecule has 13 heteroatoms. The van der Waals surface area contributed by atoms with Crippen molar-refractivity contribution in [3.8, 4) is 5.88 Å². The highest BCUT2D eigenvalue weighted by Gasteiger charge is 2.39. The fourth-order valence-corrected chi connectivity index (χ4v) is 6.61. The van der Waals surface area contributed by atoms with E-state index in [4.69, 9.17) is 0 Å². The maximum atomic E-state index is 14.0. The first kappa shape index (κ1) is 26.8. The highest BCUT2D eigenvalue weighted by Crippen LogP contribution is 2.41. The van der Waals surface area contributed by atoms with E-state index in [1.807, 2.05) is 0 Å². The molecule has 0 aliphatic carbocycles. The number of fused-ring (bicyclic) bond motifs is 4. The molecule has 0 unspecified atom stereocenters. The molecule has 1 aromatic heterocycles. The summed E-state index contributed by atoms with van der Waals surface area (Å²) < 4.78 is 81.8. The van der Waals surface area contributed by atoms with Gasteiger partial charge in [-0.05, 0) is 72.5 Å². The van der Waals surface area contributed by atoms with Gasteiger partial charge in [-0.3, -0.25) is 0 Å². The molecule has 40 heavy (non-hydrogen) atoms. The van der Waals surface area contributed by atoms with Crippen molar-refractivity contribution < 1.29 is 31.4 Å². The summed E-state index contributed by atoms with van der Waals surface area (Å²) in [5, 5.41) is 23.6. The normalized spacial score (nSPS) is 22.7. The van der Waals surface area contributed by atoms with E-state index >= 15 is 0 Å². The number of anilines is 1. The number of alkyl halides is 6. The van der Waals surface area contributed by atoms with Crippen LogP contribution in [0.3, 0.4) is 0 Å². The van der Waals surface area contributed by atoms with Crippen LogP contribution in [0.2, 0.25) is 0 Å². The number of nitrogens with zero attached hydrogens (tertiary/aromatic N) is 4. The van der Waals surface area contributed by atoms with E-state index < -0.39 is 29.9 Å². The molecule has 210 valence electrons. The molecule has 3 fully saturated rings. The Kier molecular flexibility index (Phi) is 6.61. The molecule has 5 heterocycles. The van der Waals surface area contributed by atoms with Crippen molar-refractivity contribution in [1.82, 2.24) is 9.88 Å². The lowest BCUT2D eigenvalue weighted by atomic mass is 9.84. The zero-order chi connectivity index (χ0) is 28.2. The van der Waals surface area contributed by atoms with Crippen molar-refractivity contribution in [3.63, 3.8) is 0 Å². The van der Waals surface area contributed by atoms with E-state index in [1.54, 1.807) is 18.2 Å². The molecule has 6 nitrogen and oxygen atoms in total. The minimum atomic E-state index is -5.02. The van der Waals surface area contributed by atoms with Gasteiger partial charge in [0, 0.05) is 24.6 Å². The lowest BCUT2D eigenvalue weighted by Gasteiger charge is -2.44. The average molecular weight is 580 g/mol. The van der Waals surface area contributed by atoms with Gasteiger partial charge in [0.15, 0.2) is 5.13 Å². The van der Waals surface area contributed by atoms with E-state index in [9.17, 15) is 31.4 Å². The molecular formula is C27H23F6N5OS. The van der Waals surface area contributed by atoms with E-state index in [0.29, 0.717) is 38.8 Å². The Morgan fingerprint density at radius 3 is 2.48 bits per heavy atom. The molecule has 4 aliphatic rings. The first-order valence-corrected chi connectivity index (χ1v) is 13.5. The SMILES string of the molecule is Oc1nc(N[C@@H]2CN3CCC2CC3)sc1C(Cc1ccc(C(F)(F)F)cc1C(F)(F)F)=c1ccc2c(c1)C=NN=2. The van der Waals surface area contributed by atoms with Gasteiger partial charge < -0.3 is 15.3 Å². The van der Waals surface area contributed by atoms with E-state index in [-0.39, 0.29) is 28.4 Å². The summed E-state index contributed by atoms with van der Waals surface area (Å²) in [6.07, 6.45) is -6.75. The van der Waals surface area contributed by atoms with Gasteiger partial charge in [-0.25, -0.2) is 0 Å². The molecule has 1 atom stereocenters. The lowest BCUT2D eigenvalue weighted by molar-refractivity contribution is -0.143. The van der Waals surface area contributed by atoms with Crippen molar-refractivity contribution in [2.75, 3.05) is 25.0 Å². The van der Waals surface area contributed by atoms with Gasteiger partial charge in [-0.1, -0.05) is 23.5 Å². The van der Waals surface area contributed by atoms with Crippen LogP contribution in [0.15, 0.2) is 46.6 Å². The Morgan fingerprint density at radius 2 is 1.80 bits per heavy atom. The average Bonchev–Trinajstić information content (AvgIpc) is 3.52. The Labute approximate surface area is 228 Å². The van der Waals surface area contributed by atoms with Gasteiger partial charge >= 0.3 is 12.4 Å². The number of hydrogen-bond donors (Lipinski definition) is 2. The fourth-order valence-electron chi connectivity index (χ4n) is 5.62. The molecule has 0 spiro atoms. The Bertz CT molecular complexity index is 1600. The zero-order valence-electron chi connectivity index (χ0n) is 20.9. The number of thiazole rings is 1. The van der Waals surface area contributed by atoms with Crippen LogP contribution in [0.25, 0.3) is 5.57 Å². The van der Waals surface area contributed by atoms with E-state index in [0.717, 1.165) is 49.9 Å². The predicted octanol–water partition coefficient (Wildman–Crippen LogP) is 4.80. The number of benzene rings is 2. The van der Waals surface area contributed by atoms with Crippen molar-refractivity contribution in [3.05, 3.63) is 74.1 Å². The monoisotopic (exact) mass is 579 g/mol. The van der Waals surface area contributed by atoms with Crippen LogP contribution in [0.1, 0.15) is 40.0 Å². The summed E-state index contributed by atoms with van der Waals surface area (Å²) in [6, 6.07) is 6.73. The summed E-state index contributed by atoms with van der Waals surface area (Å²) >= 11 is 1.11. The van der Waals surface area contributed by atoms with Gasteiger partial charge in [-0.15, -0.1) is 0 Å². The maximum Gasteiger partial charge on any atom is 0.416 e. The molecular weight excluding hydrogens is 556 g/mol. The quantitative estimate of drug-likeness (QED) is 0.426. The van der Waals surface area contributed by atoms with Crippen molar-refractivity contribution in [1.29, 1.82) is 0 Å². The summed E-state index contributed by atoms with van der Waals surface area (Å²) in [5.41, 5.74) is -2.19. The number of rotatable bonds is 5. The van der Waals surface area contributed by atoms with Gasteiger partial charge in [0.05, 0.1) is 27.6 Å². The van der Waals surface area contributed by atoms with Crippen LogP contribution in [-0.2, 0) is 18.8 Å². The molecule has 0 amide bonds. The molecule has 0 saturated carbocycles. The smallest absolute Gasteiger partial charge is 0.416 e. The standard InChI is InChI=1S/C27H23F6N5OS/c28-26(29,30)18-3-1-16(20(11-18)27(31,32)33)10-19(15-2-4-21-17(9-15)12-34-37-21)23-24(39)36-25(40-23)35-22-13-38-7-5-14(22)6-8-38/h1-4,9,11-12,14,22,39H,5-8,10,13H2,(H,35,36)/t22-/m1/s1. The molecule has 2 N–H and O–H groups in total.